The van der Waals surface area contributed by atoms with Crippen molar-refractivity contribution in [1.82, 2.24) is 15.1 Å². The van der Waals surface area contributed by atoms with E-state index in [-0.39, 0.29) is 5.75 Å². The maximum atomic E-state index is 12.7. The second-order valence-corrected chi connectivity index (χ2v) is 9.60. The van der Waals surface area contributed by atoms with Gasteiger partial charge in [-0.1, -0.05) is 35.0 Å². The van der Waals surface area contributed by atoms with Gasteiger partial charge in [-0.15, -0.1) is 0 Å². The smallest absolute Gasteiger partial charge is 0.258 e. The van der Waals surface area contributed by atoms with E-state index < -0.39 is 9.84 Å². The summed E-state index contributed by atoms with van der Waals surface area (Å²) < 4.78 is 36.3. The maximum absolute atomic E-state index is 12.7. The van der Waals surface area contributed by atoms with Crippen LogP contribution >= 0.6 is 0 Å². The highest BCUT2D eigenvalue weighted by atomic mass is 32.2. The predicted molar refractivity (Wildman–Crippen MR) is 120 cm³/mol. The van der Waals surface area contributed by atoms with Crippen molar-refractivity contribution in [2.24, 2.45) is 0 Å². The molecule has 3 aromatic carbocycles. The number of hydrogen-bond donors (Lipinski definition) is 0. The molecule has 0 atom stereocenters. The van der Waals surface area contributed by atoms with Gasteiger partial charge in [0, 0.05) is 18.1 Å². The van der Waals surface area contributed by atoms with E-state index in [4.69, 9.17) is 8.94 Å². The molecule has 8 heteroatoms. The van der Waals surface area contributed by atoms with Crippen molar-refractivity contribution < 1.29 is 17.4 Å². The van der Waals surface area contributed by atoms with Gasteiger partial charge in [0.05, 0.1) is 10.6 Å². The molecule has 32 heavy (non-hydrogen) atoms. The Kier molecular flexibility index (Phi) is 4.86. The van der Waals surface area contributed by atoms with Gasteiger partial charge < -0.3 is 8.94 Å². The van der Waals surface area contributed by atoms with E-state index >= 15 is 0 Å². The van der Waals surface area contributed by atoms with Crippen LogP contribution in [-0.4, -0.2) is 23.5 Å². The van der Waals surface area contributed by atoms with Gasteiger partial charge in [0.1, 0.15) is 5.52 Å². The molecule has 0 saturated heterocycles. The van der Waals surface area contributed by atoms with Crippen LogP contribution in [0.1, 0.15) is 17.0 Å². The molecule has 0 N–H and O–H groups in total. The molecule has 0 aliphatic rings. The van der Waals surface area contributed by atoms with Gasteiger partial charge in [0.25, 0.3) is 5.89 Å². The molecular weight excluding hydrogens is 426 g/mol. The van der Waals surface area contributed by atoms with Crippen LogP contribution in [0.25, 0.3) is 33.9 Å². The third-order valence-electron chi connectivity index (χ3n) is 5.12. The summed E-state index contributed by atoms with van der Waals surface area (Å²) in [6.07, 6.45) is 0. The zero-order valence-corrected chi connectivity index (χ0v) is 18.3. The second kappa shape index (κ2) is 7.72. The lowest BCUT2D eigenvalue weighted by molar-refractivity contribution is 0.432. The lowest BCUT2D eigenvalue weighted by Gasteiger charge is -2.05. The quantitative estimate of drug-likeness (QED) is 0.369. The van der Waals surface area contributed by atoms with Crippen molar-refractivity contribution in [2.75, 3.05) is 0 Å². The Hall–Kier alpha value is -3.78. The predicted octanol–water partition coefficient (Wildman–Crippen LogP) is 5.14. The average Bonchev–Trinajstić information content (AvgIpc) is 3.40. The number of fused-ring (bicyclic) bond motifs is 1. The van der Waals surface area contributed by atoms with Gasteiger partial charge in [0.15, 0.2) is 21.3 Å². The van der Waals surface area contributed by atoms with E-state index in [0.717, 1.165) is 16.6 Å². The van der Waals surface area contributed by atoms with Gasteiger partial charge in [-0.25, -0.2) is 13.4 Å². The number of benzene rings is 3. The summed E-state index contributed by atoms with van der Waals surface area (Å²) in [4.78, 5) is 9.11. The Morgan fingerprint density at radius 2 is 1.56 bits per heavy atom. The van der Waals surface area contributed by atoms with Crippen molar-refractivity contribution in [3.8, 4) is 22.8 Å². The summed E-state index contributed by atoms with van der Waals surface area (Å²) in [5, 5.41) is 4.06. The van der Waals surface area contributed by atoms with E-state index in [1.54, 1.807) is 55.5 Å². The first kappa shape index (κ1) is 20.1. The highest BCUT2D eigenvalue weighted by Crippen LogP contribution is 2.26. The lowest BCUT2D eigenvalue weighted by Crippen LogP contribution is -2.04. The van der Waals surface area contributed by atoms with Crippen LogP contribution < -0.4 is 0 Å². The van der Waals surface area contributed by atoms with Crippen molar-refractivity contribution in [2.45, 2.75) is 24.5 Å². The summed E-state index contributed by atoms with van der Waals surface area (Å²) in [6.45, 7) is 3.72. The Morgan fingerprint density at radius 3 is 2.31 bits per heavy atom. The number of oxazole rings is 1. The molecule has 5 aromatic rings. The van der Waals surface area contributed by atoms with Crippen LogP contribution in [0.4, 0.5) is 0 Å². The first-order chi connectivity index (χ1) is 15.4. The zero-order chi connectivity index (χ0) is 22.3. The minimum atomic E-state index is -3.42. The molecule has 0 unspecified atom stereocenters. The van der Waals surface area contributed by atoms with Gasteiger partial charge in [0.2, 0.25) is 5.82 Å². The molecule has 2 heterocycles. The van der Waals surface area contributed by atoms with Crippen LogP contribution in [0.5, 0.6) is 0 Å². The summed E-state index contributed by atoms with van der Waals surface area (Å²) in [6, 6.07) is 19.5. The van der Waals surface area contributed by atoms with Gasteiger partial charge in [-0.2, -0.15) is 4.98 Å². The van der Waals surface area contributed by atoms with Crippen molar-refractivity contribution >= 4 is 20.9 Å². The minimum absolute atomic E-state index is 0.0808. The van der Waals surface area contributed by atoms with E-state index in [1.165, 1.54) is 0 Å². The van der Waals surface area contributed by atoms with E-state index in [1.807, 2.05) is 25.1 Å². The molecule has 7 nitrogen and oxygen atoms in total. The van der Waals surface area contributed by atoms with Gasteiger partial charge >= 0.3 is 0 Å². The maximum Gasteiger partial charge on any atom is 0.258 e. The highest BCUT2D eigenvalue weighted by molar-refractivity contribution is 7.90. The summed E-state index contributed by atoms with van der Waals surface area (Å²) in [7, 11) is -3.42. The van der Waals surface area contributed by atoms with Crippen LogP contribution in [0.2, 0.25) is 0 Å². The van der Waals surface area contributed by atoms with Crippen molar-refractivity contribution in [3.63, 3.8) is 0 Å². The van der Waals surface area contributed by atoms with Gasteiger partial charge in [-0.3, -0.25) is 0 Å². The molecule has 0 bridgehead atoms. The zero-order valence-electron chi connectivity index (χ0n) is 17.4. The minimum Gasteiger partial charge on any atom is -0.441 e. The number of aryl methyl sites for hydroxylation is 2. The van der Waals surface area contributed by atoms with Crippen LogP contribution in [0.3, 0.4) is 0 Å². The molecule has 2 aromatic heterocycles. The molecule has 160 valence electrons. The number of aromatic nitrogens is 3. The van der Waals surface area contributed by atoms with Crippen molar-refractivity contribution in [1.29, 1.82) is 0 Å². The normalized spacial score (nSPS) is 11.8. The summed E-state index contributed by atoms with van der Waals surface area (Å²) in [5.74, 6) is 1.30. The molecule has 0 saturated carbocycles. The number of sulfone groups is 1. The Morgan fingerprint density at radius 1 is 0.844 bits per heavy atom. The standard InChI is InChI=1S/C24H19N3O4S/c1-15-3-10-20(11-4-15)32(28,29)14-17-5-7-18(8-6-17)24-26-23(27-31-24)19-9-12-22-21(13-19)25-16(2)30-22/h3-13H,14H2,1-2H3. The lowest BCUT2D eigenvalue weighted by atomic mass is 10.1. The largest absolute Gasteiger partial charge is 0.441 e. The first-order valence-electron chi connectivity index (χ1n) is 9.97. The fourth-order valence-electron chi connectivity index (χ4n) is 3.43. The third kappa shape index (κ3) is 3.92. The molecule has 0 aliphatic heterocycles. The topological polar surface area (TPSA) is 99.1 Å². The molecular formula is C24H19N3O4S. The average molecular weight is 446 g/mol. The molecule has 0 aliphatic carbocycles. The molecule has 5 rings (SSSR count). The van der Waals surface area contributed by atoms with Crippen LogP contribution in [-0.2, 0) is 15.6 Å². The van der Waals surface area contributed by atoms with Gasteiger partial charge in [-0.05, 0) is 55.0 Å². The van der Waals surface area contributed by atoms with E-state index in [9.17, 15) is 8.42 Å². The Labute approximate surface area is 184 Å². The Bertz CT molecular complexity index is 1520. The molecule has 0 amide bonds. The van der Waals surface area contributed by atoms with Crippen LogP contribution in [0, 0.1) is 13.8 Å². The fraction of sp³-hybridized carbons (Fsp3) is 0.125. The van der Waals surface area contributed by atoms with E-state index in [0.29, 0.717) is 39.2 Å². The molecule has 0 fully saturated rings. The summed E-state index contributed by atoms with van der Waals surface area (Å²) >= 11 is 0. The molecule has 0 spiro atoms. The monoisotopic (exact) mass is 445 g/mol. The summed E-state index contributed by atoms with van der Waals surface area (Å²) in [5.41, 5.74) is 4.60. The highest BCUT2D eigenvalue weighted by Gasteiger charge is 2.16. The second-order valence-electron chi connectivity index (χ2n) is 7.61. The van der Waals surface area contributed by atoms with Crippen LogP contribution in [0.15, 0.2) is 80.6 Å². The number of rotatable bonds is 5. The van der Waals surface area contributed by atoms with E-state index in [2.05, 4.69) is 15.1 Å². The third-order valence-corrected chi connectivity index (χ3v) is 6.82. The number of nitrogens with zero attached hydrogens (tertiary/aromatic N) is 3. The SMILES string of the molecule is Cc1ccc(S(=O)(=O)Cc2ccc(-c3nc(-c4ccc5oc(C)nc5c4)no3)cc2)cc1. The molecule has 0 radical (unpaired) electrons. The fourth-order valence-corrected chi connectivity index (χ4v) is 4.78. The van der Waals surface area contributed by atoms with Crippen molar-refractivity contribution in [3.05, 3.63) is 83.7 Å². The number of hydrogen-bond acceptors (Lipinski definition) is 7. The Balaban J connectivity index is 1.36. The first-order valence-corrected chi connectivity index (χ1v) is 11.6.